The molecule has 1 saturated heterocycles. The van der Waals surface area contributed by atoms with Gasteiger partial charge in [-0.25, -0.2) is 8.42 Å². The molecular weight excluding hydrogens is 458 g/mol. The minimum absolute atomic E-state index is 0.0841. The summed E-state index contributed by atoms with van der Waals surface area (Å²) in [5.41, 5.74) is 0.780. The number of amides is 2. The number of benzene rings is 2. The minimum Gasteiger partial charge on any atom is -0.497 e. The lowest BCUT2D eigenvalue weighted by atomic mass is 10.2. The molecule has 3 rings (SSSR count). The van der Waals surface area contributed by atoms with Crippen LogP contribution in [0.2, 0.25) is 5.02 Å². The smallest absolute Gasteiger partial charge is 0.309 e. The van der Waals surface area contributed by atoms with Crippen LogP contribution < -0.4 is 15.4 Å². The summed E-state index contributed by atoms with van der Waals surface area (Å²) in [6.45, 7) is 0.569. The fourth-order valence-corrected chi connectivity index (χ4v) is 4.80. The van der Waals surface area contributed by atoms with Gasteiger partial charge >= 0.3 is 11.8 Å². The zero-order valence-corrected chi connectivity index (χ0v) is 19.0. The molecule has 1 aliphatic rings. The highest BCUT2D eigenvalue weighted by molar-refractivity contribution is 7.89. The lowest BCUT2D eigenvalue weighted by Crippen LogP contribution is -2.53. The molecule has 1 aliphatic heterocycles. The molecule has 32 heavy (non-hydrogen) atoms. The Morgan fingerprint density at radius 3 is 2.41 bits per heavy atom. The Hall–Kier alpha value is -2.66. The Bertz CT molecular complexity index is 1040. The van der Waals surface area contributed by atoms with Gasteiger partial charge in [-0.3, -0.25) is 9.59 Å². The Balaban J connectivity index is 1.58. The first-order chi connectivity index (χ1) is 15.3. The highest BCUT2D eigenvalue weighted by Crippen LogP contribution is 2.23. The molecular formula is C21H24ClN3O6S. The van der Waals surface area contributed by atoms with Crippen LogP contribution in [0.25, 0.3) is 0 Å². The minimum atomic E-state index is -3.86. The third-order valence-corrected chi connectivity index (χ3v) is 6.99. The Kier molecular flexibility index (Phi) is 8.08. The molecule has 1 atom stereocenters. The van der Waals surface area contributed by atoms with Crippen molar-refractivity contribution < 1.29 is 27.5 Å². The number of methoxy groups -OCH3 is 1. The predicted molar refractivity (Wildman–Crippen MR) is 118 cm³/mol. The molecule has 0 saturated carbocycles. The summed E-state index contributed by atoms with van der Waals surface area (Å²) < 4.78 is 38.0. The van der Waals surface area contributed by atoms with Gasteiger partial charge in [0.15, 0.2) is 0 Å². The van der Waals surface area contributed by atoms with Gasteiger partial charge < -0.3 is 20.1 Å². The maximum absolute atomic E-state index is 13.1. The van der Waals surface area contributed by atoms with E-state index < -0.39 is 28.1 Å². The second kappa shape index (κ2) is 10.8. The average Bonchev–Trinajstić information content (AvgIpc) is 2.82. The third-order valence-electron chi connectivity index (χ3n) is 4.83. The number of sulfonamides is 1. The van der Waals surface area contributed by atoms with Crippen molar-refractivity contribution in [3.8, 4) is 5.75 Å². The number of hydrogen-bond donors (Lipinski definition) is 2. The van der Waals surface area contributed by atoms with E-state index in [4.69, 9.17) is 21.1 Å². The quantitative estimate of drug-likeness (QED) is 0.579. The van der Waals surface area contributed by atoms with Gasteiger partial charge in [-0.1, -0.05) is 23.7 Å². The standard InChI is InChI=1S/C21H24ClN3O6S/c1-30-17-7-9-18(10-8-17)32(28,29)25-11-2-12-31-19(25)14-24-21(27)20(26)23-13-15-3-5-16(22)6-4-15/h3-10,19H,2,11-14H2,1H3,(H,23,26)(H,24,27)/t19-/m0/s1. The van der Waals surface area contributed by atoms with Crippen molar-refractivity contribution in [3.63, 3.8) is 0 Å². The zero-order valence-electron chi connectivity index (χ0n) is 17.4. The second-order valence-electron chi connectivity index (χ2n) is 6.99. The Morgan fingerprint density at radius 2 is 1.75 bits per heavy atom. The maximum Gasteiger partial charge on any atom is 0.309 e. The fraction of sp³-hybridized carbons (Fsp3) is 0.333. The van der Waals surface area contributed by atoms with E-state index >= 15 is 0 Å². The molecule has 2 aromatic rings. The summed E-state index contributed by atoms with van der Waals surface area (Å²) in [5, 5.41) is 5.52. The molecule has 11 heteroatoms. The van der Waals surface area contributed by atoms with Crippen LogP contribution in [0.15, 0.2) is 53.4 Å². The average molecular weight is 482 g/mol. The van der Waals surface area contributed by atoms with Crippen molar-refractivity contribution in [1.82, 2.24) is 14.9 Å². The van der Waals surface area contributed by atoms with E-state index in [0.29, 0.717) is 23.8 Å². The van der Waals surface area contributed by atoms with Gasteiger partial charge in [-0.15, -0.1) is 0 Å². The SMILES string of the molecule is COc1ccc(S(=O)(=O)N2CCCO[C@H]2CNC(=O)C(=O)NCc2ccc(Cl)cc2)cc1. The van der Waals surface area contributed by atoms with Crippen LogP contribution in [0.4, 0.5) is 0 Å². The summed E-state index contributed by atoms with van der Waals surface area (Å²) >= 11 is 5.82. The first-order valence-electron chi connectivity index (χ1n) is 9.89. The van der Waals surface area contributed by atoms with Crippen LogP contribution in [0.3, 0.4) is 0 Å². The van der Waals surface area contributed by atoms with E-state index in [2.05, 4.69) is 10.6 Å². The Morgan fingerprint density at radius 1 is 1.09 bits per heavy atom. The molecule has 2 N–H and O–H groups in total. The molecule has 0 unspecified atom stereocenters. The van der Waals surface area contributed by atoms with Gasteiger partial charge in [-0.05, 0) is 48.4 Å². The van der Waals surface area contributed by atoms with Gasteiger partial charge in [0, 0.05) is 18.1 Å². The molecule has 0 radical (unpaired) electrons. The van der Waals surface area contributed by atoms with Crippen LogP contribution in [0.5, 0.6) is 5.75 Å². The predicted octanol–water partition coefficient (Wildman–Crippen LogP) is 1.52. The molecule has 172 valence electrons. The molecule has 0 aromatic heterocycles. The van der Waals surface area contributed by atoms with Gasteiger partial charge in [0.2, 0.25) is 10.0 Å². The molecule has 0 spiro atoms. The Labute approximate surface area is 191 Å². The summed E-state index contributed by atoms with van der Waals surface area (Å²) in [7, 11) is -2.37. The molecule has 0 bridgehead atoms. The number of ether oxygens (including phenoxy) is 2. The van der Waals surface area contributed by atoms with E-state index in [1.54, 1.807) is 36.4 Å². The summed E-state index contributed by atoms with van der Waals surface area (Å²) in [6.07, 6.45) is -0.412. The van der Waals surface area contributed by atoms with Gasteiger partial charge in [0.05, 0.1) is 25.2 Å². The van der Waals surface area contributed by atoms with Crippen LogP contribution in [-0.2, 0) is 30.9 Å². The molecule has 0 aliphatic carbocycles. The first kappa shape index (κ1) is 24.0. The number of hydrogen-bond acceptors (Lipinski definition) is 6. The molecule has 2 aromatic carbocycles. The fourth-order valence-electron chi connectivity index (χ4n) is 3.11. The molecule has 9 nitrogen and oxygen atoms in total. The number of nitrogens with one attached hydrogen (secondary N) is 2. The number of nitrogens with zero attached hydrogens (tertiary/aromatic N) is 1. The van der Waals surface area contributed by atoms with E-state index in [0.717, 1.165) is 5.56 Å². The third kappa shape index (κ3) is 5.98. The van der Waals surface area contributed by atoms with Crippen molar-refractivity contribution in [2.24, 2.45) is 0 Å². The van der Waals surface area contributed by atoms with E-state index in [9.17, 15) is 18.0 Å². The van der Waals surface area contributed by atoms with Crippen LogP contribution >= 0.6 is 11.6 Å². The molecule has 1 heterocycles. The van der Waals surface area contributed by atoms with Crippen molar-refractivity contribution in [1.29, 1.82) is 0 Å². The van der Waals surface area contributed by atoms with Crippen molar-refractivity contribution in [2.75, 3.05) is 26.8 Å². The largest absolute Gasteiger partial charge is 0.497 e. The van der Waals surface area contributed by atoms with Crippen LogP contribution in [0.1, 0.15) is 12.0 Å². The zero-order chi connectivity index (χ0) is 23.1. The van der Waals surface area contributed by atoms with Gasteiger partial charge in [0.1, 0.15) is 12.0 Å². The molecule has 2 amide bonds. The van der Waals surface area contributed by atoms with E-state index in [1.807, 2.05) is 0 Å². The topological polar surface area (TPSA) is 114 Å². The normalized spacial score (nSPS) is 16.9. The summed E-state index contributed by atoms with van der Waals surface area (Å²) in [4.78, 5) is 24.3. The summed E-state index contributed by atoms with van der Waals surface area (Å²) in [6, 6.07) is 12.8. The van der Waals surface area contributed by atoms with Gasteiger partial charge in [0.25, 0.3) is 0 Å². The highest BCUT2D eigenvalue weighted by atomic mass is 35.5. The van der Waals surface area contributed by atoms with Crippen LogP contribution in [0, 0.1) is 0 Å². The van der Waals surface area contributed by atoms with E-state index in [-0.39, 0.29) is 24.5 Å². The van der Waals surface area contributed by atoms with Crippen molar-refractivity contribution in [3.05, 3.63) is 59.1 Å². The number of halogens is 1. The summed E-state index contributed by atoms with van der Waals surface area (Å²) in [5.74, 6) is -1.18. The van der Waals surface area contributed by atoms with Crippen LogP contribution in [-0.4, -0.2) is 57.6 Å². The monoisotopic (exact) mass is 481 g/mol. The van der Waals surface area contributed by atoms with E-state index in [1.165, 1.54) is 23.5 Å². The number of carbonyl (C=O) groups excluding carboxylic acids is 2. The number of carbonyl (C=O) groups is 2. The second-order valence-corrected chi connectivity index (χ2v) is 9.32. The molecule has 1 fully saturated rings. The maximum atomic E-state index is 13.1. The lowest BCUT2D eigenvalue weighted by molar-refractivity contribution is -0.140. The lowest BCUT2D eigenvalue weighted by Gasteiger charge is -2.34. The van der Waals surface area contributed by atoms with Crippen molar-refractivity contribution >= 4 is 33.4 Å². The number of rotatable bonds is 7. The highest BCUT2D eigenvalue weighted by Gasteiger charge is 2.35. The van der Waals surface area contributed by atoms with Crippen molar-refractivity contribution in [2.45, 2.75) is 24.1 Å². The first-order valence-corrected chi connectivity index (χ1v) is 11.7. The van der Waals surface area contributed by atoms with Gasteiger partial charge in [-0.2, -0.15) is 4.31 Å².